The fraction of sp³-hybridized carbons (Fsp3) is 0.333. The zero-order valence-corrected chi connectivity index (χ0v) is 15.0. The summed E-state index contributed by atoms with van der Waals surface area (Å²) in [5.74, 6) is 6.91. The number of hydrogen-bond acceptors (Lipinski definition) is 3. The number of piperidine rings is 1. The van der Waals surface area contributed by atoms with Crippen molar-refractivity contribution in [3.63, 3.8) is 0 Å². The summed E-state index contributed by atoms with van der Waals surface area (Å²) in [6.45, 7) is 1.91. The summed E-state index contributed by atoms with van der Waals surface area (Å²) < 4.78 is 0. The van der Waals surface area contributed by atoms with Crippen molar-refractivity contribution in [2.24, 2.45) is 5.73 Å². The molecule has 3 nitrogen and oxygen atoms in total. The van der Waals surface area contributed by atoms with Gasteiger partial charge in [0.25, 0.3) is 0 Å². The molecule has 130 valence electrons. The zero-order chi connectivity index (χ0) is 17.6. The van der Waals surface area contributed by atoms with Crippen LogP contribution in [0.15, 0.2) is 48.5 Å². The Morgan fingerprint density at radius 1 is 1.16 bits per heavy atom. The second kappa shape index (κ2) is 8.40. The molecule has 0 saturated carbocycles. The van der Waals surface area contributed by atoms with Gasteiger partial charge in [0, 0.05) is 35.8 Å². The van der Waals surface area contributed by atoms with E-state index < -0.39 is 0 Å². The minimum absolute atomic E-state index is 0.0867. The smallest absolute Gasteiger partial charge is 0.0577 e. The molecule has 2 atom stereocenters. The molecule has 0 amide bonds. The molecule has 0 radical (unpaired) electrons. The molecule has 2 unspecified atom stereocenters. The van der Waals surface area contributed by atoms with Gasteiger partial charge in [0.2, 0.25) is 0 Å². The fourth-order valence-corrected chi connectivity index (χ4v) is 3.47. The Hall–Kier alpha value is -1.99. The van der Waals surface area contributed by atoms with Gasteiger partial charge in [0.15, 0.2) is 0 Å². The van der Waals surface area contributed by atoms with E-state index in [-0.39, 0.29) is 6.17 Å². The van der Waals surface area contributed by atoms with Gasteiger partial charge in [-0.3, -0.25) is 4.90 Å². The van der Waals surface area contributed by atoms with Crippen molar-refractivity contribution in [1.29, 1.82) is 0 Å². The number of likely N-dealkylation sites (tertiary alicyclic amines) is 1. The van der Waals surface area contributed by atoms with Crippen molar-refractivity contribution >= 4 is 17.3 Å². The molecule has 2 aromatic carbocycles. The third kappa shape index (κ3) is 4.99. The standard InChI is InChI=1S/C21H24ClN3/c22-19-9-7-17(8-10-19)18-11-13-25(21(24)15-18)12-2-1-4-16-5-3-6-20(23)14-16/h3,5-10,14,18,21H,2,11-13,15,23-24H2. The minimum atomic E-state index is 0.0867. The van der Waals surface area contributed by atoms with Crippen molar-refractivity contribution in [3.8, 4) is 11.8 Å². The Morgan fingerprint density at radius 2 is 1.96 bits per heavy atom. The number of halogens is 1. The quantitative estimate of drug-likeness (QED) is 0.651. The van der Waals surface area contributed by atoms with Crippen molar-refractivity contribution in [3.05, 3.63) is 64.7 Å². The van der Waals surface area contributed by atoms with Crippen molar-refractivity contribution in [2.75, 3.05) is 18.8 Å². The summed E-state index contributed by atoms with van der Waals surface area (Å²) in [6, 6.07) is 15.8. The van der Waals surface area contributed by atoms with E-state index >= 15 is 0 Å². The Morgan fingerprint density at radius 3 is 2.68 bits per heavy atom. The Bertz CT molecular complexity index is 761. The molecular formula is C21H24ClN3. The third-order valence-electron chi connectivity index (χ3n) is 4.74. The number of benzene rings is 2. The van der Waals surface area contributed by atoms with E-state index in [9.17, 15) is 0 Å². The van der Waals surface area contributed by atoms with Crippen LogP contribution in [0.3, 0.4) is 0 Å². The van der Waals surface area contributed by atoms with E-state index in [2.05, 4.69) is 28.9 Å². The van der Waals surface area contributed by atoms with Gasteiger partial charge < -0.3 is 11.5 Å². The Balaban J connectivity index is 1.50. The van der Waals surface area contributed by atoms with Gasteiger partial charge in [-0.05, 0) is 54.7 Å². The van der Waals surface area contributed by atoms with Crippen LogP contribution in [0.5, 0.6) is 0 Å². The number of nitrogens with two attached hydrogens (primary N) is 2. The molecule has 4 N–H and O–H groups in total. The highest BCUT2D eigenvalue weighted by atomic mass is 35.5. The van der Waals surface area contributed by atoms with Crippen molar-refractivity contribution in [1.82, 2.24) is 4.90 Å². The molecule has 1 aliphatic heterocycles. The van der Waals surface area contributed by atoms with Crippen LogP contribution >= 0.6 is 11.6 Å². The molecule has 0 bridgehead atoms. The third-order valence-corrected chi connectivity index (χ3v) is 5.00. The lowest BCUT2D eigenvalue weighted by atomic mass is 9.88. The highest BCUT2D eigenvalue weighted by Gasteiger charge is 2.26. The van der Waals surface area contributed by atoms with Crippen molar-refractivity contribution in [2.45, 2.75) is 31.3 Å². The summed E-state index contributed by atoms with van der Waals surface area (Å²) in [5.41, 5.74) is 15.2. The maximum Gasteiger partial charge on any atom is 0.0577 e. The second-order valence-electron chi connectivity index (χ2n) is 6.55. The number of nitrogen functional groups attached to an aromatic ring is 1. The monoisotopic (exact) mass is 353 g/mol. The van der Waals surface area contributed by atoms with Crippen LogP contribution < -0.4 is 11.5 Å². The molecular weight excluding hydrogens is 330 g/mol. The molecule has 0 spiro atoms. The van der Waals surface area contributed by atoms with Gasteiger partial charge in [-0.25, -0.2) is 0 Å². The first-order chi connectivity index (χ1) is 12.1. The summed E-state index contributed by atoms with van der Waals surface area (Å²) in [5, 5.41) is 0.782. The second-order valence-corrected chi connectivity index (χ2v) is 6.99. The molecule has 2 aromatic rings. The Kier molecular flexibility index (Phi) is 5.99. The van der Waals surface area contributed by atoms with Gasteiger partial charge in [-0.1, -0.05) is 41.6 Å². The molecule has 25 heavy (non-hydrogen) atoms. The van der Waals surface area contributed by atoms with Crippen LogP contribution in [-0.4, -0.2) is 24.2 Å². The minimum Gasteiger partial charge on any atom is -0.399 e. The van der Waals surface area contributed by atoms with Crippen molar-refractivity contribution < 1.29 is 0 Å². The first kappa shape index (κ1) is 17.8. The van der Waals surface area contributed by atoms with Gasteiger partial charge in [0.1, 0.15) is 0 Å². The fourth-order valence-electron chi connectivity index (χ4n) is 3.34. The van der Waals surface area contributed by atoms with Gasteiger partial charge in [0.05, 0.1) is 6.17 Å². The average molecular weight is 354 g/mol. The largest absolute Gasteiger partial charge is 0.399 e. The number of rotatable bonds is 3. The van der Waals surface area contributed by atoms with E-state index in [1.54, 1.807) is 0 Å². The van der Waals surface area contributed by atoms with E-state index in [0.29, 0.717) is 5.92 Å². The number of nitrogens with zero attached hydrogens (tertiary/aromatic N) is 1. The zero-order valence-electron chi connectivity index (χ0n) is 14.3. The van der Waals surface area contributed by atoms with Crippen LogP contribution in [-0.2, 0) is 0 Å². The topological polar surface area (TPSA) is 55.3 Å². The van der Waals surface area contributed by atoms with E-state index in [0.717, 1.165) is 48.6 Å². The Labute approximate surface area is 155 Å². The van der Waals surface area contributed by atoms with E-state index in [1.807, 2.05) is 36.4 Å². The van der Waals surface area contributed by atoms with Gasteiger partial charge in [-0.15, -0.1) is 0 Å². The predicted molar refractivity (Wildman–Crippen MR) is 105 cm³/mol. The highest BCUT2D eigenvalue weighted by Crippen LogP contribution is 2.30. The van der Waals surface area contributed by atoms with Crippen LogP contribution in [0.1, 0.15) is 36.3 Å². The summed E-state index contributed by atoms with van der Waals surface area (Å²) in [7, 11) is 0. The highest BCUT2D eigenvalue weighted by molar-refractivity contribution is 6.30. The van der Waals surface area contributed by atoms with E-state index in [4.69, 9.17) is 23.1 Å². The number of anilines is 1. The van der Waals surface area contributed by atoms with Gasteiger partial charge in [-0.2, -0.15) is 0 Å². The summed E-state index contributed by atoms with van der Waals surface area (Å²) in [4.78, 5) is 2.33. The maximum absolute atomic E-state index is 6.38. The maximum atomic E-state index is 6.38. The van der Waals surface area contributed by atoms with Crippen LogP contribution in [0.2, 0.25) is 5.02 Å². The SMILES string of the molecule is Nc1cccc(C#CCCN2CCC(c3ccc(Cl)cc3)CC2N)c1. The lowest BCUT2D eigenvalue weighted by Gasteiger charge is -2.37. The first-order valence-electron chi connectivity index (χ1n) is 8.71. The first-order valence-corrected chi connectivity index (χ1v) is 9.09. The molecule has 1 fully saturated rings. The normalized spacial score (nSPS) is 20.7. The summed E-state index contributed by atoms with van der Waals surface area (Å²) in [6.07, 6.45) is 3.00. The lowest BCUT2D eigenvalue weighted by Crippen LogP contribution is -2.47. The molecule has 4 heteroatoms. The molecule has 1 aliphatic rings. The lowest BCUT2D eigenvalue weighted by molar-refractivity contribution is 0.141. The molecule has 3 rings (SSSR count). The molecule has 1 heterocycles. The van der Waals surface area contributed by atoms with Crippen LogP contribution in [0.4, 0.5) is 5.69 Å². The van der Waals surface area contributed by atoms with Gasteiger partial charge >= 0.3 is 0 Å². The number of hydrogen-bond donors (Lipinski definition) is 2. The predicted octanol–water partition coefficient (Wildman–Crippen LogP) is 3.83. The molecule has 0 aliphatic carbocycles. The van der Waals surface area contributed by atoms with Crippen LogP contribution in [0.25, 0.3) is 0 Å². The average Bonchev–Trinajstić information content (AvgIpc) is 2.60. The summed E-state index contributed by atoms with van der Waals surface area (Å²) >= 11 is 5.97. The molecule has 0 aromatic heterocycles. The van der Waals surface area contributed by atoms with Crippen LogP contribution in [0, 0.1) is 11.8 Å². The van der Waals surface area contributed by atoms with E-state index in [1.165, 1.54) is 5.56 Å². The molecule has 1 saturated heterocycles.